The number of rotatable bonds is 3. The van der Waals surface area contributed by atoms with Gasteiger partial charge in [0.1, 0.15) is 10.7 Å². The smallest absolute Gasteiger partial charge is 0.321 e. The van der Waals surface area contributed by atoms with Gasteiger partial charge in [-0.15, -0.1) is 11.3 Å². The topological polar surface area (TPSA) is 54.9 Å². The second-order valence-corrected chi connectivity index (χ2v) is 5.67. The van der Waals surface area contributed by atoms with Gasteiger partial charge in [0.15, 0.2) is 0 Å². The Bertz CT molecular complexity index is 845. The van der Waals surface area contributed by atoms with E-state index in [1.54, 1.807) is 23.8 Å². The summed E-state index contributed by atoms with van der Waals surface area (Å²) in [5.41, 5.74) is 0.479. The van der Waals surface area contributed by atoms with Gasteiger partial charge in [-0.3, -0.25) is 9.78 Å². The summed E-state index contributed by atoms with van der Waals surface area (Å²) in [5.74, 6) is -0.485. The minimum Gasteiger partial charge on any atom is -0.321 e. The molecule has 4 nitrogen and oxygen atoms in total. The summed E-state index contributed by atoms with van der Waals surface area (Å²) in [6.45, 7) is 0. The molecule has 1 amide bonds. The van der Waals surface area contributed by atoms with Crippen molar-refractivity contribution in [2.75, 3.05) is 5.32 Å². The van der Waals surface area contributed by atoms with Gasteiger partial charge in [0.25, 0.3) is 5.91 Å². The third-order valence-electron chi connectivity index (χ3n) is 3.12. The molecule has 0 spiro atoms. The fourth-order valence-electron chi connectivity index (χ4n) is 1.94. The third-order valence-corrected chi connectivity index (χ3v) is 4.01. The molecular formula is C16H10F3N3OS. The van der Waals surface area contributed by atoms with Crippen LogP contribution in [0.15, 0.2) is 54.2 Å². The number of benzene rings is 1. The van der Waals surface area contributed by atoms with Crippen LogP contribution in [0.25, 0.3) is 10.6 Å². The van der Waals surface area contributed by atoms with Gasteiger partial charge in [0.05, 0.1) is 5.56 Å². The highest BCUT2D eigenvalue weighted by atomic mass is 32.1. The quantitative estimate of drug-likeness (QED) is 0.759. The monoisotopic (exact) mass is 349 g/mol. The number of thiazole rings is 1. The first-order valence-corrected chi connectivity index (χ1v) is 7.66. The van der Waals surface area contributed by atoms with Crippen molar-refractivity contribution in [1.82, 2.24) is 9.97 Å². The van der Waals surface area contributed by atoms with Crippen LogP contribution >= 0.6 is 11.3 Å². The summed E-state index contributed by atoms with van der Waals surface area (Å²) in [4.78, 5) is 20.3. The van der Waals surface area contributed by atoms with Crippen LogP contribution in [0.3, 0.4) is 0 Å². The standard InChI is InChI=1S/C16H10F3N3OS/c17-16(18,19)11-3-5-12(6-4-11)21-14(23)13-9-24-15(22-13)10-2-1-7-20-8-10/h1-9H,(H,21,23). The van der Waals surface area contributed by atoms with Crippen LogP contribution in [-0.4, -0.2) is 15.9 Å². The number of alkyl halides is 3. The maximum atomic E-state index is 12.5. The zero-order valence-corrected chi connectivity index (χ0v) is 12.9. The van der Waals surface area contributed by atoms with E-state index in [0.717, 1.165) is 17.7 Å². The molecule has 3 rings (SSSR count). The predicted molar refractivity (Wildman–Crippen MR) is 84.7 cm³/mol. The second-order valence-electron chi connectivity index (χ2n) is 4.81. The van der Waals surface area contributed by atoms with Crippen molar-refractivity contribution in [1.29, 1.82) is 0 Å². The van der Waals surface area contributed by atoms with Crippen LogP contribution in [0.4, 0.5) is 18.9 Å². The van der Waals surface area contributed by atoms with E-state index in [1.165, 1.54) is 23.5 Å². The molecule has 1 aromatic carbocycles. The molecule has 3 aromatic rings. The van der Waals surface area contributed by atoms with E-state index in [2.05, 4.69) is 15.3 Å². The first-order valence-electron chi connectivity index (χ1n) is 6.78. The molecule has 8 heteroatoms. The normalized spacial score (nSPS) is 11.3. The van der Waals surface area contributed by atoms with E-state index < -0.39 is 17.6 Å². The van der Waals surface area contributed by atoms with Gasteiger partial charge in [-0.25, -0.2) is 4.98 Å². The first-order chi connectivity index (χ1) is 11.4. The summed E-state index contributed by atoms with van der Waals surface area (Å²) in [5, 5.41) is 4.75. The Morgan fingerprint density at radius 3 is 2.50 bits per heavy atom. The van der Waals surface area contributed by atoms with Gasteiger partial charge >= 0.3 is 6.18 Å². The Labute approximate surface area is 139 Å². The fourth-order valence-corrected chi connectivity index (χ4v) is 2.73. The number of halogens is 3. The van der Waals surface area contributed by atoms with E-state index in [9.17, 15) is 18.0 Å². The number of carbonyl (C=O) groups excluding carboxylic acids is 1. The van der Waals surface area contributed by atoms with Gasteiger partial charge in [-0.1, -0.05) is 0 Å². The number of carbonyl (C=O) groups is 1. The van der Waals surface area contributed by atoms with Crippen molar-refractivity contribution in [2.24, 2.45) is 0 Å². The molecule has 0 saturated carbocycles. The first kappa shape index (κ1) is 16.1. The lowest BCUT2D eigenvalue weighted by atomic mass is 10.2. The van der Waals surface area contributed by atoms with Gasteiger partial charge < -0.3 is 5.32 Å². The molecule has 24 heavy (non-hydrogen) atoms. The Morgan fingerprint density at radius 1 is 1.12 bits per heavy atom. The molecule has 0 aliphatic carbocycles. The average Bonchev–Trinajstić information content (AvgIpc) is 3.05. The number of hydrogen-bond donors (Lipinski definition) is 1. The summed E-state index contributed by atoms with van der Waals surface area (Å²) < 4.78 is 37.5. The highest BCUT2D eigenvalue weighted by Gasteiger charge is 2.30. The molecule has 122 valence electrons. The molecule has 0 radical (unpaired) electrons. The largest absolute Gasteiger partial charge is 0.416 e. The molecule has 2 aromatic heterocycles. The van der Waals surface area contributed by atoms with Gasteiger partial charge in [-0.2, -0.15) is 13.2 Å². The predicted octanol–water partition coefficient (Wildman–Crippen LogP) is 4.48. The Balaban J connectivity index is 1.73. The van der Waals surface area contributed by atoms with E-state index in [1.807, 2.05) is 6.07 Å². The summed E-state index contributed by atoms with van der Waals surface area (Å²) in [6, 6.07) is 7.82. The molecule has 0 fully saturated rings. The minimum atomic E-state index is -4.41. The molecule has 0 atom stereocenters. The molecule has 0 saturated heterocycles. The van der Waals surface area contributed by atoms with Crippen molar-refractivity contribution in [2.45, 2.75) is 6.18 Å². The summed E-state index contributed by atoms with van der Waals surface area (Å²) in [6.07, 6.45) is -1.14. The molecule has 2 heterocycles. The fraction of sp³-hybridized carbons (Fsp3) is 0.0625. The number of aromatic nitrogens is 2. The zero-order valence-electron chi connectivity index (χ0n) is 12.0. The number of pyridine rings is 1. The van der Waals surface area contributed by atoms with Gasteiger partial charge in [0.2, 0.25) is 0 Å². The number of nitrogens with one attached hydrogen (secondary N) is 1. The number of amides is 1. The molecule has 0 aliphatic heterocycles. The van der Waals surface area contributed by atoms with Gasteiger partial charge in [0, 0.05) is 29.0 Å². The van der Waals surface area contributed by atoms with Gasteiger partial charge in [-0.05, 0) is 36.4 Å². The van der Waals surface area contributed by atoms with Crippen LogP contribution in [0.2, 0.25) is 0 Å². The minimum absolute atomic E-state index is 0.193. The lowest BCUT2D eigenvalue weighted by Gasteiger charge is -2.08. The van der Waals surface area contributed by atoms with Crippen LogP contribution in [0.1, 0.15) is 16.1 Å². The van der Waals surface area contributed by atoms with Crippen molar-refractivity contribution in [3.05, 3.63) is 65.4 Å². The SMILES string of the molecule is O=C(Nc1ccc(C(F)(F)F)cc1)c1csc(-c2cccnc2)n1. The molecule has 0 unspecified atom stereocenters. The van der Waals surface area contributed by atoms with Crippen molar-refractivity contribution < 1.29 is 18.0 Å². The average molecular weight is 349 g/mol. The summed E-state index contributed by atoms with van der Waals surface area (Å²) >= 11 is 1.29. The lowest BCUT2D eigenvalue weighted by molar-refractivity contribution is -0.137. The van der Waals surface area contributed by atoms with Crippen LogP contribution < -0.4 is 5.32 Å². The molecular weight excluding hydrogens is 339 g/mol. The van der Waals surface area contributed by atoms with E-state index in [-0.39, 0.29) is 11.4 Å². The highest BCUT2D eigenvalue weighted by Crippen LogP contribution is 2.30. The van der Waals surface area contributed by atoms with E-state index >= 15 is 0 Å². The van der Waals surface area contributed by atoms with Crippen LogP contribution in [-0.2, 0) is 6.18 Å². The zero-order chi connectivity index (χ0) is 17.2. The lowest BCUT2D eigenvalue weighted by Crippen LogP contribution is -2.12. The number of hydrogen-bond acceptors (Lipinski definition) is 4. The Morgan fingerprint density at radius 2 is 1.88 bits per heavy atom. The Hall–Kier alpha value is -2.74. The van der Waals surface area contributed by atoms with Crippen LogP contribution in [0, 0.1) is 0 Å². The molecule has 1 N–H and O–H groups in total. The van der Waals surface area contributed by atoms with E-state index in [0.29, 0.717) is 5.01 Å². The highest BCUT2D eigenvalue weighted by molar-refractivity contribution is 7.13. The summed E-state index contributed by atoms with van der Waals surface area (Å²) in [7, 11) is 0. The number of nitrogens with zero attached hydrogens (tertiary/aromatic N) is 2. The maximum Gasteiger partial charge on any atom is 0.416 e. The Kier molecular flexibility index (Phi) is 4.30. The van der Waals surface area contributed by atoms with Crippen LogP contribution in [0.5, 0.6) is 0 Å². The molecule has 0 bridgehead atoms. The van der Waals surface area contributed by atoms with E-state index in [4.69, 9.17) is 0 Å². The van der Waals surface area contributed by atoms with Crippen molar-refractivity contribution in [3.8, 4) is 10.6 Å². The van der Waals surface area contributed by atoms with Crippen molar-refractivity contribution in [3.63, 3.8) is 0 Å². The third kappa shape index (κ3) is 3.60. The molecule has 0 aliphatic rings. The second kappa shape index (κ2) is 6.40. The maximum absolute atomic E-state index is 12.5. The van der Waals surface area contributed by atoms with Crippen molar-refractivity contribution >= 4 is 22.9 Å². The number of anilines is 1.